The number of aromatic nitrogens is 3. The summed E-state index contributed by atoms with van der Waals surface area (Å²) in [6.45, 7) is 0.466. The second-order valence-electron chi connectivity index (χ2n) is 9.34. The van der Waals surface area contributed by atoms with Crippen molar-refractivity contribution in [3.05, 3.63) is 83.9 Å². The highest BCUT2D eigenvalue weighted by Crippen LogP contribution is 2.30. The minimum absolute atomic E-state index is 0.0683. The molecule has 0 aliphatic heterocycles. The number of sulfone groups is 1. The number of nitrogens with zero attached hydrogens (tertiary/aromatic N) is 4. The first-order chi connectivity index (χ1) is 18.5. The normalized spacial score (nSPS) is 11.8. The van der Waals surface area contributed by atoms with Crippen molar-refractivity contribution >= 4 is 38.2 Å². The number of nitrogens with one attached hydrogen (secondary N) is 1. The summed E-state index contributed by atoms with van der Waals surface area (Å²) in [5.74, 6) is -1.10. The number of halogens is 1. The number of benzene rings is 3. The van der Waals surface area contributed by atoms with Crippen LogP contribution in [0.2, 0.25) is 0 Å². The van der Waals surface area contributed by atoms with Crippen LogP contribution in [0.1, 0.15) is 16.2 Å². The molecule has 1 amide bonds. The summed E-state index contributed by atoms with van der Waals surface area (Å²) < 4.78 is 46.2. The van der Waals surface area contributed by atoms with Crippen molar-refractivity contribution in [2.24, 2.45) is 0 Å². The lowest BCUT2D eigenvalue weighted by atomic mass is 10.0. The summed E-state index contributed by atoms with van der Waals surface area (Å²) in [5, 5.41) is 11.5. The van der Waals surface area contributed by atoms with Crippen molar-refractivity contribution in [1.29, 1.82) is 0 Å². The van der Waals surface area contributed by atoms with Gasteiger partial charge in [0, 0.05) is 18.4 Å². The summed E-state index contributed by atoms with van der Waals surface area (Å²) >= 11 is 0. The monoisotopic (exact) mass is 548 g/mol. The predicted octanol–water partition coefficient (Wildman–Crippen LogP) is 4.12. The number of nitrogens with two attached hydrogens (primary N) is 1. The molecule has 0 aliphatic carbocycles. The van der Waals surface area contributed by atoms with Gasteiger partial charge >= 0.3 is 0 Å². The number of anilines is 2. The molecule has 5 aromatic rings. The summed E-state index contributed by atoms with van der Waals surface area (Å²) in [6, 6.07) is 17.2. The average Bonchev–Trinajstić information content (AvgIpc) is 3.47. The highest BCUT2D eigenvalue weighted by molar-refractivity contribution is 7.90. The number of nitrogen functional groups attached to an aromatic ring is 1. The Morgan fingerprint density at radius 2 is 1.87 bits per heavy atom. The Hall–Kier alpha value is -4.55. The fourth-order valence-corrected chi connectivity index (χ4v) is 5.18. The van der Waals surface area contributed by atoms with E-state index in [9.17, 15) is 13.2 Å². The highest BCUT2D eigenvalue weighted by atomic mass is 32.2. The van der Waals surface area contributed by atoms with E-state index in [4.69, 9.17) is 10.3 Å². The van der Waals surface area contributed by atoms with Crippen molar-refractivity contribution in [2.45, 2.75) is 11.4 Å². The van der Waals surface area contributed by atoms with Crippen LogP contribution in [0.3, 0.4) is 0 Å². The molecule has 0 aliphatic rings. The molecule has 0 spiro atoms. The molecule has 200 valence electrons. The minimum Gasteiger partial charge on any atom is -0.380 e. The molecule has 0 bridgehead atoms. The SMILES string of the molecule is CN(C)Cc1cc(C(=O)Nc2ccc(-c3ccccc3S(C)(=O)=O)cc2F)n(-c2ccc3onc(N)c3c2)n1. The Balaban J connectivity index is 1.50. The van der Waals surface area contributed by atoms with Gasteiger partial charge in [0.15, 0.2) is 21.2 Å². The smallest absolute Gasteiger partial charge is 0.274 e. The molecule has 3 N–H and O–H groups in total. The molecule has 0 saturated carbocycles. The van der Waals surface area contributed by atoms with Gasteiger partial charge in [-0.25, -0.2) is 17.5 Å². The topological polar surface area (TPSA) is 136 Å². The molecule has 0 radical (unpaired) electrons. The van der Waals surface area contributed by atoms with Gasteiger partial charge in [0.05, 0.1) is 27.4 Å². The fourth-order valence-electron chi connectivity index (χ4n) is 4.27. The lowest BCUT2D eigenvalue weighted by molar-refractivity contribution is 0.101. The van der Waals surface area contributed by atoms with Crippen LogP contribution in [-0.4, -0.2) is 54.5 Å². The van der Waals surface area contributed by atoms with E-state index < -0.39 is 21.6 Å². The first-order valence-electron chi connectivity index (χ1n) is 11.8. The van der Waals surface area contributed by atoms with Crippen LogP contribution in [0.25, 0.3) is 27.8 Å². The zero-order valence-electron chi connectivity index (χ0n) is 21.3. The van der Waals surface area contributed by atoms with Crippen LogP contribution in [-0.2, 0) is 16.4 Å². The van der Waals surface area contributed by atoms with E-state index in [1.807, 2.05) is 19.0 Å². The molecule has 5 rings (SSSR count). The Kier molecular flexibility index (Phi) is 6.66. The number of rotatable bonds is 7. The summed E-state index contributed by atoms with van der Waals surface area (Å²) in [6.07, 6.45) is 1.10. The number of carbonyl (C=O) groups excluding carboxylic acids is 1. The van der Waals surface area contributed by atoms with E-state index in [1.165, 1.54) is 22.9 Å². The summed E-state index contributed by atoms with van der Waals surface area (Å²) in [4.78, 5) is 15.4. The molecule has 10 nitrogen and oxygen atoms in total. The largest absolute Gasteiger partial charge is 0.380 e. The van der Waals surface area contributed by atoms with Crippen LogP contribution in [0.15, 0.2) is 76.1 Å². The van der Waals surface area contributed by atoms with Gasteiger partial charge in [0.1, 0.15) is 11.5 Å². The van der Waals surface area contributed by atoms with Gasteiger partial charge in [-0.2, -0.15) is 5.10 Å². The lowest BCUT2D eigenvalue weighted by Gasteiger charge is -2.12. The molecule has 2 heterocycles. The predicted molar refractivity (Wildman–Crippen MR) is 146 cm³/mol. The summed E-state index contributed by atoms with van der Waals surface area (Å²) in [5.41, 5.74) is 8.39. The molecule has 0 atom stereocenters. The van der Waals surface area contributed by atoms with Crippen LogP contribution in [0.5, 0.6) is 0 Å². The molecule has 3 aromatic carbocycles. The first kappa shape index (κ1) is 26.1. The van der Waals surface area contributed by atoms with Gasteiger partial charge in [-0.3, -0.25) is 4.79 Å². The zero-order valence-corrected chi connectivity index (χ0v) is 22.2. The van der Waals surface area contributed by atoms with Crippen molar-refractivity contribution in [3.8, 4) is 16.8 Å². The Morgan fingerprint density at radius 3 is 2.59 bits per heavy atom. The van der Waals surface area contributed by atoms with E-state index >= 15 is 4.39 Å². The fraction of sp³-hybridized carbons (Fsp3) is 0.148. The van der Waals surface area contributed by atoms with Gasteiger partial charge in [-0.1, -0.05) is 29.4 Å². The number of hydrogen-bond donors (Lipinski definition) is 2. The third-order valence-corrected chi connectivity index (χ3v) is 7.17. The lowest BCUT2D eigenvalue weighted by Crippen LogP contribution is -2.17. The molecular formula is C27H25FN6O4S. The maximum Gasteiger partial charge on any atom is 0.274 e. The van der Waals surface area contributed by atoms with E-state index in [-0.39, 0.29) is 22.1 Å². The van der Waals surface area contributed by atoms with Crippen LogP contribution >= 0.6 is 0 Å². The van der Waals surface area contributed by atoms with Gasteiger partial charge in [0.2, 0.25) is 0 Å². The third kappa shape index (κ3) is 5.24. The van der Waals surface area contributed by atoms with Gasteiger partial charge in [0.25, 0.3) is 5.91 Å². The zero-order chi connectivity index (χ0) is 27.9. The van der Waals surface area contributed by atoms with Gasteiger partial charge < -0.3 is 20.5 Å². The second kappa shape index (κ2) is 9.97. The van der Waals surface area contributed by atoms with Crippen molar-refractivity contribution < 1.29 is 22.1 Å². The van der Waals surface area contributed by atoms with E-state index in [0.29, 0.717) is 40.0 Å². The van der Waals surface area contributed by atoms with Crippen molar-refractivity contribution in [1.82, 2.24) is 19.8 Å². The molecule has 0 fully saturated rings. The van der Waals surface area contributed by atoms with Gasteiger partial charge in [-0.05, 0) is 62.1 Å². The Morgan fingerprint density at radius 1 is 1.10 bits per heavy atom. The maximum absolute atomic E-state index is 15.2. The highest BCUT2D eigenvalue weighted by Gasteiger charge is 2.21. The Bertz CT molecular complexity index is 1830. The number of carbonyl (C=O) groups is 1. The van der Waals surface area contributed by atoms with Gasteiger partial charge in [-0.15, -0.1) is 0 Å². The third-order valence-electron chi connectivity index (χ3n) is 6.01. The van der Waals surface area contributed by atoms with E-state index in [2.05, 4.69) is 15.6 Å². The number of hydrogen-bond acceptors (Lipinski definition) is 8. The quantitative estimate of drug-likeness (QED) is 0.310. The van der Waals surface area contributed by atoms with E-state index in [1.54, 1.807) is 48.5 Å². The van der Waals surface area contributed by atoms with Crippen LogP contribution in [0, 0.1) is 5.82 Å². The average molecular weight is 549 g/mol. The molecule has 0 unspecified atom stereocenters. The van der Waals surface area contributed by atoms with Crippen molar-refractivity contribution in [2.75, 3.05) is 31.4 Å². The maximum atomic E-state index is 15.2. The van der Waals surface area contributed by atoms with Crippen LogP contribution in [0.4, 0.5) is 15.9 Å². The van der Waals surface area contributed by atoms with Crippen molar-refractivity contribution in [3.63, 3.8) is 0 Å². The second-order valence-corrected chi connectivity index (χ2v) is 11.3. The molecule has 39 heavy (non-hydrogen) atoms. The molecule has 0 saturated heterocycles. The molecule has 2 aromatic heterocycles. The van der Waals surface area contributed by atoms with Crippen LogP contribution < -0.4 is 11.1 Å². The number of amides is 1. The first-order valence-corrected chi connectivity index (χ1v) is 13.7. The van der Waals surface area contributed by atoms with E-state index in [0.717, 1.165) is 6.26 Å². The minimum atomic E-state index is -3.53. The standard InChI is InChI=1S/C27H25FN6O4S/c1-33(2)15-17-13-23(34(31-17)18-9-11-24-20(14-18)26(29)32-38-24)27(35)30-22-10-8-16(12-21(22)28)19-6-4-5-7-25(19)39(3,36)37/h4-14H,15H2,1-3H3,(H2,29,32)(H,30,35). The Labute approximate surface area is 223 Å². The molecular weight excluding hydrogens is 523 g/mol. The molecule has 12 heteroatoms. The number of fused-ring (bicyclic) bond motifs is 1. The summed E-state index contributed by atoms with van der Waals surface area (Å²) in [7, 11) is 0.220.